The number of hydrogen-bond acceptors (Lipinski definition) is 4. The molecule has 1 aliphatic heterocycles. The third-order valence-corrected chi connectivity index (χ3v) is 9.15. The van der Waals surface area contributed by atoms with Crippen LogP contribution in [0.4, 0.5) is 0 Å². The van der Waals surface area contributed by atoms with Crippen LogP contribution in [-0.2, 0) is 28.4 Å². The minimum Gasteiger partial charge on any atom is -0.308 e. The third kappa shape index (κ3) is 4.75. The van der Waals surface area contributed by atoms with Gasteiger partial charge in [-0.3, -0.25) is 4.68 Å². The van der Waals surface area contributed by atoms with Crippen LogP contribution in [-0.4, -0.2) is 61.1 Å². The van der Waals surface area contributed by atoms with Gasteiger partial charge < -0.3 is 4.90 Å². The number of rotatable bonds is 7. The Hall–Kier alpha value is -1.96. The van der Waals surface area contributed by atoms with Crippen molar-refractivity contribution in [1.82, 2.24) is 19.0 Å². The van der Waals surface area contributed by atoms with Crippen LogP contribution in [0.15, 0.2) is 40.9 Å². The van der Waals surface area contributed by atoms with E-state index in [1.807, 2.05) is 18.3 Å². The monoisotopic (exact) mass is 484 g/mol. The number of hydrogen-bond donors (Lipinski definition) is 0. The first-order chi connectivity index (χ1) is 16.0. The molecule has 2 heterocycles. The zero-order chi connectivity index (χ0) is 24.7. The maximum Gasteiger partial charge on any atom is 0.243 e. The molecule has 0 saturated carbocycles. The fourth-order valence-electron chi connectivity index (χ4n) is 5.47. The Bertz CT molecular complexity index is 1160. The van der Waals surface area contributed by atoms with Gasteiger partial charge in [0.2, 0.25) is 10.0 Å². The lowest BCUT2D eigenvalue weighted by Crippen LogP contribution is -2.53. The first kappa shape index (κ1) is 25.1. The molecule has 1 fully saturated rings. The molecule has 0 radical (unpaired) electrons. The quantitative estimate of drug-likeness (QED) is 0.578. The van der Waals surface area contributed by atoms with E-state index in [-0.39, 0.29) is 10.8 Å². The van der Waals surface area contributed by atoms with E-state index in [0.717, 1.165) is 44.3 Å². The van der Waals surface area contributed by atoms with Gasteiger partial charge in [-0.25, -0.2) is 8.42 Å². The minimum absolute atomic E-state index is 0.00967. The molecule has 34 heavy (non-hydrogen) atoms. The summed E-state index contributed by atoms with van der Waals surface area (Å²) < 4.78 is 31.2. The van der Waals surface area contributed by atoms with Crippen LogP contribution in [0.2, 0.25) is 0 Å². The van der Waals surface area contributed by atoms with Gasteiger partial charge in [-0.1, -0.05) is 51.8 Å². The van der Waals surface area contributed by atoms with Gasteiger partial charge in [0.25, 0.3) is 0 Å². The highest BCUT2D eigenvalue weighted by molar-refractivity contribution is 7.89. The van der Waals surface area contributed by atoms with Crippen molar-refractivity contribution < 1.29 is 8.42 Å². The number of fused-ring (bicyclic) bond motifs is 2. The second kappa shape index (κ2) is 9.25. The van der Waals surface area contributed by atoms with Crippen LogP contribution >= 0.6 is 0 Å². The van der Waals surface area contributed by atoms with Crippen LogP contribution < -0.4 is 0 Å². The second-order valence-corrected chi connectivity index (χ2v) is 13.3. The number of piperidine rings is 1. The van der Waals surface area contributed by atoms with E-state index in [2.05, 4.69) is 62.5 Å². The van der Waals surface area contributed by atoms with Gasteiger partial charge in [0, 0.05) is 31.6 Å². The molecule has 0 N–H and O–H groups in total. The lowest BCUT2D eigenvalue weighted by atomic mass is 9.68. The van der Waals surface area contributed by atoms with Gasteiger partial charge in [-0.2, -0.15) is 9.40 Å². The lowest BCUT2D eigenvalue weighted by Gasteiger charge is -2.47. The largest absolute Gasteiger partial charge is 0.308 e. The van der Waals surface area contributed by atoms with Gasteiger partial charge in [0.15, 0.2) is 0 Å². The van der Waals surface area contributed by atoms with E-state index in [4.69, 9.17) is 0 Å². The van der Waals surface area contributed by atoms with E-state index in [9.17, 15) is 8.42 Å². The summed E-state index contributed by atoms with van der Waals surface area (Å²) in [5.74, 6) is 0. The summed E-state index contributed by atoms with van der Waals surface area (Å²) in [5, 5.41) is 4.67. The van der Waals surface area contributed by atoms with E-state index in [1.54, 1.807) is 16.4 Å². The van der Waals surface area contributed by atoms with Crippen molar-refractivity contribution in [3.63, 3.8) is 0 Å². The van der Waals surface area contributed by atoms with Gasteiger partial charge in [0.1, 0.15) is 0 Å². The maximum absolute atomic E-state index is 13.7. The van der Waals surface area contributed by atoms with Crippen molar-refractivity contribution in [2.75, 3.05) is 33.7 Å². The number of benzene rings is 1. The molecule has 0 amide bonds. The van der Waals surface area contributed by atoms with E-state index in [0.29, 0.717) is 18.0 Å². The molecule has 7 heteroatoms. The van der Waals surface area contributed by atoms with Crippen molar-refractivity contribution in [2.24, 2.45) is 5.41 Å². The highest BCUT2D eigenvalue weighted by Crippen LogP contribution is 2.45. The van der Waals surface area contributed by atoms with Crippen molar-refractivity contribution in [3.05, 3.63) is 52.9 Å². The predicted octanol–water partition coefficient (Wildman–Crippen LogP) is 4.56. The molecule has 2 aromatic rings. The van der Waals surface area contributed by atoms with E-state index < -0.39 is 10.0 Å². The molecule has 1 aromatic heterocycles. The second-order valence-electron chi connectivity index (χ2n) is 11.4. The number of aromatic nitrogens is 2. The number of aryl methyl sites for hydroxylation is 1. The lowest BCUT2D eigenvalue weighted by molar-refractivity contribution is 0.161. The maximum atomic E-state index is 13.7. The Morgan fingerprint density at radius 2 is 1.85 bits per heavy atom. The van der Waals surface area contributed by atoms with Crippen molar-refractivity contribution in [3.8, 4) is 0 Å². The Labute approximate surface area is 205 Å². The molecule has 1 saturated heterocycles. The predicted molar refractivity (Wildman–Crippen MR) is 138 cm³/mol. The summed E-state index contributed by atoms with van der Waals surface area (Å²) >= 11 is 0. The summed E-state index contributed by atoms with van der Waals surface area (Å²) in [5.41, 5.74) is 4.71. The molecule has 1 aromatic carbocycles. The number of sulfonamides is 1. The standard InChI is InChI=1S/C27H40N4O2S/c1-7-8-14-31-25-16-23-13-15-30(20-27(23,19-29(5)6)17-21(25)18-28-31)34(32,33)24-11-9-22(10-12-24)26(2,3)4/h9-12,16,18H,7-8,13-15,17,19-20H2,1-6H3. The zero-order valence-electron chi connectivity index (χ0n) is 21.6. The zero-order valence-corrected chi connectivity index (χ0v) is 22.5. The van der Waals surface area contributed by atoms with Crippen LogP contribution in [0.1, 0.15) is 63.8 Å². The van der Waals surface area contributed by atoms with Crippen LogP contribution in [0.25, 0.3) is 6.08 Å². The average molecular weight is 485 g/mol. The van der Waals surface area contributed by atoms with Gasteiger partial charge >= 0.3 is 0 Å². The topological polar surface area (TPSA) is 58.4 Å². The van der Waals surface area contributed by atoms with Crippen LogP contribution in [0.5, 0.6) is 0 Å². The Morgan fingerprint density at radius 1 is 1.15 bits per heavy atom. The Morgan fingerprint density at radius 3 is 2.47 bits per heavy atom. The number of unbranched alkanes of at least 4 members (excludes halogenated alkanes) is 1. The summed E-state index contributed by atoms with van der Waals surface area (Å²) in [6, 6.07) is 7.46. The van der Waals surface area contributed by atoms with Crippen LogP contribution in [0.3, 0.4) is 0 Å². The average Bonchev–Trinajstić information content (AvgIpc) is 3.15. The molecule has 6 nitrogen and oxygen atoms in total. The van der Waals surface area contributed by atoms with Gasteiger partial charge in [-0.05, 0) is 68.1 Å². The molecule has 1 atom stereocenters. The number of nitrogens with zero attached hydrogens (tertiary/aromatic N) is 4. The molecule has 1 aliphatic carbocycles. The summed E-state index contributed by atoms with van der Waals surface area (Å²) in [4.78, 5) is 2.58. The highest BCUT2D eigenvalue weighted by atomic mass is 32.2. The third-order valence-electron chi connectivity index (χ3n) is 7.29. The molecule has 4 rings (SSSR count). The minimum atomic E-state index is -3.57. The van der Waals surface area contributed by atoms with Gasteiger partial charge in [0.05, 0.1) is 16.8 Å². The normalized spacial score (nSPS) is 21.3. The summed E-state index contributed by atoms with van der Waals surface area (Å²) in [6.45, 7) is 11.4. The molecule has 1 unspecified atom stereocenters. The van der Waals surface area contributed by atoms with Crippen molar-refractivity contribution in [2.45, 2.75) is 70.2 Å². The first-order valence-electron chi connectivity index (χ1n) is 12.5. The van der Waals surface area contributed by atoms with Gasteiger partial charge in [-0.15, -0.1) is 0 Å². The Kier molecular flexibility index (Phi) is 6.84. The fraction of sp³-hybridized carbons (Fsp3) is 0.593. The summed E-state index contributed by atoms with van der Waals surface area (Å²) in [7, 11) is 0.583. The van der Waals surface area contributed by atoms with E-state index in [1.165, 1.54) is 16.8 Å². The molecule has 186 valence electrons. The van der Waals surface area contributed by atoms with Crippen LogP contribution in [0, 0.1) is 5.41 Å². The smallest absolute Gasteiger partial charge is 0.243 e. The fourth-order valence-corrected chi connectivity index (χ4v) is 7.00. The molecule has 2 aliphatic rings. The summed E-state index contributed by atoms with van der Waals surface area (Å²) in [6.07, 6.45) is 8.14. The first-order valence-corrected chi connectivity index (χ1v) is 13.9. The molecular weight excluding hydrogens is 444 g/mol. The molecular formula is C27H40N4O2S. The van der Waals surface area contributed by atoms with Crippen molar-refractivity contribution in [1.29, 1.82) is 0 Å². The SMILES string of the molecule is CCCCn1ncc2c1C=C1CCN(S(=O)(=O)c3ccc(C(C)(C)C)cc3)CC1(CN(C)C)C2. The molecule has 0 spiro atoms. The van der Waals surface area contributed by atoms with Crippen molar-refractivity contribution >= 4 is 16.1 Å². The Balaban J connectivity index is 1.65. The van der Waals surface area contributed by atoms with E-state index >= 15 is 0 Å². The molecule has 0 bridgehead atoms. The highest BCUT2D eigenvalue weighted by Gasteiger charge is 2.46.